The lowest BCUT2D eigenvalue weighted by molar-refractivity contribution is -0.129. The summed E-state index contributed by atoms with van der Waals surface area (Å²) in [6, 6.07) is 0. The minimum absolute atomic E-state index is 0.00519. The van der Waals surface area contributed by atoms with Crippen LogP contribution in [0.15, 0.2) is 0 Å². The van der Waals surface area contributed by atoms with Gasteiger partial charge in [0, 0.05) is 12.5 Å². The van der Waals surface area contributed by atoms with E-state index in [0.29, 0.717) is 6.54 Å². The molecule has 3 heteroatoms. The molecule has 0 bridgehead atoms. The van der Waals surface area contributed by atoms with Crippen LogP contribution in [0.4, 0.5) is 0 Å². The molecule has 108 valence electrons. The first-order valence-electron chi connectivity index (χ1n) is 7.06. The maximum absolute atomic E-state index is 12.3. The monoisotopic (exact) mass is 256 g/mol. The summed E-state index contributed by atoms with van der Waals surface area (Å²) in [5.74, 6) is 0.254. The summed E-state index contributed by atoms with van der Waals surface area (Å²) in [7, 11) is 0. The molecule has 0 aromatic carbocycles. The van der Waals surface area contributed by atoms with Gasteiger partial charge in [-0.3, -0.25) is 4.79 Å². The SMILES string of the molecule is CC(C)(C)CC(C(=O)NCCCCN)C(C)(C)C. The number of carbonyl (C=O) groups excluding carboxylic acids is 1. The minimum atomic E-state index is 0.00519. The first-order valence-corrected chi connectivity index (χ1v) is 7.06. The van der Waals surface area contributed by atoms with Gasteiger partial charge in [-0.2, -0.15) is 0 Å². The van der Waals surface area contributed by atoms with E-state index in [-0.39, 0.29) is 22.7 Å². The Morgan fingerprint density at radius 3 is 2.06 bits per heavy atom. The number of nitrogens with two attached hydrogens (primary N) is 1. The Hall–Kier alpha value is -0.570. The van der Waals surface area contributed by atoms with E-state index in [9.17, 15) is 4.79 Å². The van der Waals surface area contributed by atoms with Crippen molar-refractivity contribution in [1.29, 1.82) is 0 Å². The highest BCUT2D eigenvalue weighted by Gasteiger charge is 2.34. The van der Waals surface area contributed by atoms with Crippen LogP contribution in [0.5, 0.6) is 0 Å². The number of rotatable bonds is 6. The first-order chi connectivity index (χ1) is 8.08. The lowest BCUT2D eigenvalue weighted by atomic mass is 9.71. The Balaban J connectivity index is 4.43. The molecule has 0 spiro atoms. The van der Waals surface area contributed by atoms with Crippen LogP contribution in [-0.4, -0.2) is 19.0 Å². The molecule has 3 N–H and O–H groups in total. The molecule has 18 heavy (non-hydrogen) atoms. The molecule has 0 aromatic rings. The van der Waals surface area contributed by atoms with Crippen molar-refractivity contribution < 1.29 is 4.79 Å². The fraction of sp³-hybridized carbons (Fsp3) is 0.933. The second-order valence-electron chi connectivity index (χ2n) is 7.47. The summed E-state index contributed by atoms with van der Waals surface area (Å²) in [6.07, 6.45) is 2.85. The van der Waals surface area contributed by atoms with Gasteiger partial charge < -0.3 is 11.1 Å². The summed E-state index contributed by atoms with van der Waals surface area (Å²) in [5, 5.41) is 3.05. The van der Waals surface area contributed by atoms with Gasteiger partial charge in [0.2, 0.25) is 5.91 Å². The van der Waals surface area contributed by atoms with Crippen LogP contribution in [-0.2, 0) is 4.79 Å². The molecule has 1 amide bonds. The quantitative estimate of drug-likeness (QED) is 0.718. The van der Waals surface area contributed by atoms with E-state index in [0.717, 1.165) is 25.8 Å². The van der Waals surface area contributed by atoms with Gasteiger partial charge in [0.05, 0.1) is 0 Å². The van der Waals surface area contributed by atoms with E-state index in [1.165, 1.54) is 0 Å². The van der Waals surface area contributed by atoms with Gasteiger partial charge in [-0.1, -0.05) is 41.5 Å². The largest absolute Gasteiger partial charge is 0.356 e. The first kappa shape index (κ1) is 17.4. The molecule has 0 aromatic heterocycles. The second kappa shape index (κ2) is 7.13. The van der Waals surface area contributed by atoms with Crippen LogP contribution in [0.2, 0.25) is 0 Å². The summed E-state index contributed by atoms with van der Waals surface area (Å²) < 4.78 is 0. The van der Waals surface area contributed by atoms with Crippen molar-refractivity contribution in [3.8, 4) is 0 Å². The zero-order valence-electron chi connectivity index (χ0n) is 13.1. The molecule has 0 heterocycles. The third-order valence-electron chi connectivity index (χ3n) is 3.11. The molecule has 0 aliphatic carbocycles. The highest BCUT2D eigenvalue weighted by atomic mass is 16.1. The maximum Gasteiger partial charge on any atom is 0.223 e. The van der Waals surface area contributed by atoms with E-state index in [1.54, 1.807) is 0 Å². The lowest BCUT2D eigenvalue weighted by Gasteiger charge is -2.34. The number of hydrogen-bond acceptors (Lipinski definition) is 2. The Morgan fingerprint density at radius 1 is 1.11 bits per heavy atom. The third kappa shape index (κ3) is 7.70. The molecular formula is C15H32N2O. The van der Waals surface area contributed by atoms with Gasteiger partial charge in [-0.15, -0.1) is 0 Å². The van der Waals surface area contributed by atoms with Crippen molar-refractivity contribution in [2.24, 2.45) is 22.5 Å². The highest BCUT2D eigenvalue weighted by molar-refractivity contribution is 5.79. The summed E-state index contributed by atoms with van der Waals surface area (Å²) >= 11 is 0. The van der Waals surface area contributed by atoms with Crippen LogP contribution in [0.3, 0.4) is 0 Å². The summed E-state index contributed by atoms with van der Waals surface area (Å²) in [4.78, 5) is 12.3. The van der Waals surface area contributed by atoms with Gasteiger partial charge in [0.25, 0.3) is 0 Å². The Morgan fingerprint density at radius 2 is 1.67 bits per heavy atom. The van der Waals surface area contributed by atoms with Gasteiger partial charge >= 0.3 is 0 Å². The fourth-order valence-electron chi connectivity index (χ4n) is 2.01. The standard InChI is InChI=1S/C15H32N2O/c1-14(2,3)11-12(15(4,5)6)13(18)17-10-8-7-9-16/h12H,7-11,16H2,1-6H3,(H,17,18). The van der Waals surface area contributed by atoms with E-state index >= 15 is 0 Å². The lowest BCUT2D eigenvalue weighted by Crippen LogP contribution is -2.40. The molecule has 0 aliphatic heterocycles. The maximum atomic E-state index is 12.3. The normalized spacial score (nSPS) is 14.4. The van der Waals surface area contributed by atoms with Gasteiger partial charge in [-0.05, 0) is 36.6 Å². The Bertz CT molecular complexity index is 248. The minimum Gasteiger partial charge on any atom is -0.356 e. The smallest absolute Gasteiger partial charge is 0.223 e. The topological polar surface area (TPSA) is 55.1 Å². The zero-order valence-corrected chi connectivity index (χ0v) is 13.1. The molecule has 0 radical (unpaired) electrons. The van der Waals surface area contributed by atoms with E-state index < -0.39 is 0 Å². The average molecular weight is 256 g/mol. The van der Waals surface area contributed by atoms with Crippen LogP contribution < -0.4 is 11.1 Å². The molecule has 0 aliphatic rings. The van der Waals surface area contributed by atoms with Crippen LogP contribution >= 0.6 is 0 Å². The fourth-order valence-corrected chi connectivity index (χ4v) is 2.01. The molecule has 0 rings (SSSR count). The van der Waals surface area contributed by atoms with Crippen molar-refractivity contribution in [3.63, 3.8) is 0 Å². The van der Waals surface area contributed by atoms with Gasteiger partial charge in [0.1, 0.15) is 0 Å². The zero-order chi connectivity index (χ0) is 14.4. The predicted octanol–water partition coefficient (Wildman–Crippen LogP) is 2.94. The summed E-state index contributed by atoms with van der Waals surface area (Å²) in [6.45, 7) is 14.4. The molecular weight excluding hydrogens is 224 g/mol. The molecule has 0 saturated carbocycles. The number of amides is 1. The van der Waals surface area contributed by atoms with Crippen LogP contribution in [0, 0.1) is 16.7 Å². The summed E-state index contributed by atoms with van der Waals surface area (Å²) in [5.41, 5.74) is 5.62. The van der Waals surface area contributed by atoms with Crippen molar-refractivity contribution in [3.05, 3.63) is 0 Å². The Labute approximate surface area is 113 Å². The second-order valence-corrected chi connectivity index (χ2v) is 7.47. The van der Waals surface area contributed by atoms with Gasteiger partial charge in [0.15, 0.2) is 0 Å². The highest BCUT2D eigenvalue weighted by Crippen LogP contribution is 2.36. The third-order valence-corrected chi connectivity index (χ3v) is 3.11. The molecule has 1 atom stereocenters. The average Bonchev–Trinajstić information content (AvgIpc) is 2.18. The number of hydrogen-bond donors (Lipinski definition) is 2. The molecule has 1 unspecified atom stereocenters. The number of nitrogens with one attached hydrogen (secondary N) is 1. The van der Waals surface area contributed by atoms with Crippen molar-refractivity contribution in [2.45, 2.75) is 60.8 Å². The molecule has 3 nitrogen and oxygen atoms in total. The predicted molar refractivity (Wildman–Crippen MR) is 78.3 cm³/mol. The van der Waals surface area contributed by atoms with Crippen molar-refractivity contribution >= 4 is 5.91 Å². The number of unbranched alkanes of at least 4 members (excludes halogenated alkanes) is 1. The Kier molecular flexibility index (Phi) is 6.90. The van der Waals surface area contributed by atoms with Crippen molar-refractivity contribution in [1.82, 2.24) is 5.32 Å². The van der Waals surface area contributed by atoms with Crippen LogP contribution in [0.25, 0.3) is 0 Å². The van der Waals surface area contributed by atoms with E-state index in [1.807, 2.05) is 0 Å². The number of carbonyl (C=O) groups is 1. The molecule has 0 saturated heterocycles. The van der Waals surface area contributed by atoms with Gasteiger partial charge in [-0.25, -0.2) is 0 Å². The van der Waals surface area contributed by atoms with E-state index in [4.69, 9.17) is 5.73 Å². The van der Waals surface area contributed by atoms with Crippen LogP contribution in [0.1, 0.15) is 60.8 Å². The molecule has 0 fully saturated rings. The van der Waals surface area contributed by atoms with E-state index in [2.05, 4.69) is 46.9 Å². The van der Waals surface area contributed by atoms with Crippen molar-refractivity contribution in [2.75, 3.05) is 13.1 Å².